The number of likely N-dealkylation sites (N-methyl/N-ethyl adjacent to an activating group) is 1. The maximum Gasteiger partial charge on any atom is 0.246 e. The van der Waals surface area contributed by atoms with Crippen LogP contribution in [0.3, 0.4) is 0 Å². The fourth-order valence-corrected chi connectivity index (χ4v) is 6.03. The summed E-state index contributed by atoms with van der Waals surface area (Å²) in [4.78, 5) is 39.8. The van der Waals surface area contributed by atoms with E-state index in [0.29, 0.717) is 19.0 Å². The molecule has 2 fully saturated rings. The zero-order valence-electron chi connectivity index (χ0n) is 23.2. The predicted molar refractivity (Wildman–Crippen MR) is 154 cm³/mol. The first-order chi connectivity index (χ1) is 19.5. The number of carbonyl (C=O) groups excluding carboxylic acids is 2. The first-order valence-electron chi connectivity index (χ1n) is 14.1. The molecule has 0 radical (unpaired) electrons. The molecular weight excluding hydrogens is 504 g/mol. The van der Waals surface area contributed by atoms with Gasteiger partial charge in [0, 0.05) is 79.7 Å². The fourth-order valence-electron chi connectivity index (χ4n) is 6.03. The van der Waals surface area contributed by atoms with Gasteiger partial charge in [-0.05, 0) is 69.6 Å². The second-order valence-electron chi connectivity index (χ2n) is 11.2. The first-order valence-corrected chi connectivity index (χ1v) is 14.1. The molecule has 6 rings (SSSR count). The summed E-state index contributed by atoms with van der Waals surface area (Å²) in [5.74, 6) is 0.649. The quantitative estimate of drug-likeness (QED) is 0.377. The van der Waals surface area contributed by atoms with E-state index in [4.69, 9.17) is 0 Å². The number of rotatable bonds is 6. The molecule has 0 bridgehead atoms. The van der Waals surface area contributed by atoms with Gasteiger partial charge >= 0.3 is 0 Å². The van der Waals surface area contributed by atoms with Crippen molar-refractivity contribution in [2.75, 3.05) is 46.8 Å². The van der Waals surface area contributed by atoms with E-state index in [1.165, 1.54) is 5.69 Å². The molecule has 2 amide bonds. The van der Waals surface area contributed by atoms with Crippen LogP contribution in [0.4, 0.5) is 0 Å². The van der Waals surface area contributed by atoms with Crippen LogP contribution in [-0.2, 0) is 9.59 Å². The van der Waals surface area contributed by atoms with Crippen molar-refractivity contribution >= 4 is 28.4 Å². The standard InChI is InChI=1S/C30H36N8O2/c1-35(2)14-4-6-28(39)36-15-10-22(11-16-36)30(40)37-17-8-21(9-18-37)26-19-24-23(7-13-31-29(24)34-26)25-20-33-38-27(25)5-3-12-32-38/h3-7,12-13,19-22H,8-11,14-18H2,1-2H3,(H,31,34)/b6-4+. The van der Waals surface area contributed by atoms with Crippen molar-refractivity contribution in [2.24, 2.45) is 5.92 Å². The van der Waals surface area contributed by atoms with E-state index in [1.807, 2.05) is 65.5 Å². The molecule has 0 saturated carbocycles. The minimum atomic E-state index is 0.00604. The lowest BCUT2D eigenvalue weighted by Crippen LogP contribution is -2.46. The molecule has 40 heavy (non-hydrogen) atoms. The van der Waals surface area contributed by atoms with E-state index in [-0.39, 0.29) is 17.7 Å². The number of aromatic nitrogens is 5. The highest BCUT2D eigenvalue weighted by Crippen LogP contribution is 2.35. The predicted octanol–water partition coefficient (Wildman–Crippen LogP) is 3.34. The Kier molecular flexibility index (Phi) is 7.34. The van der Waals surface area contributed by atoms with Crippen LogP contribution in [0.25, 0.3) is 27.7 Å². The Labute approximate surface area is 233 Å². The number of H-pyrrole nitrogens is 1. The molecule has 10 heteroatoms. The second-order valence-corrected chi connectivity index (χ2v) is 11.2. The van der Waals surface area contributed by atoms with Gasteiger partial charge in [-0.2, -0.15) is 14.8 Å². The van der Waals surface area contributed by atoms with Gasteiger partial charge in [0.15, 0.2) is 0 Å². The maximum absolute atomic E-state index is 13.3. The number of nitrogens with zero attached hydrogens (tertiary/aromatic N) is 7. The van der Waals surface area contributed by atoms with Crippen LogP contribution in [0.1, 0.15) is 37.3 Å². The Balaban J connectivity index is 1.07. The molecule has 2 aliphatic heterocycles. The van der Waals surface area contributed by atoms with Crippen molar-refractivity contribution in [1.29, 1.82) is 0 Å². The maximum atomic E-state index is 13.3. The van der Waals surface area contributed by atoms with Gasteiger partial charge in [-0.15, -0.1) is 0 Å². The summed E-state index contributed by atoms with van der Waals surface area (Å²) in [7, 11) is 3.95. The molecule has 0 spiro atoms. The zero-order valence-corrected chi connectivity index (χ0v) is 23.2. The largest absolute Gasteiger partial charge is 0.343 e. The van der Waals surface area contributed by atoms with Crippen LogP contribution in [-0.4, -0.2) is 98.1 Å². The Morgan fingerprint density at radius 1 is 1.00 bits per heavy atom. The van der Waals surface area contributed by atoms with E-state index in [2.05, 4.69) is 26.2 Å². The van der Waals surface area contributed by atoms with Gasteiger partial charge in [0.05, 0.1) is 11.7 Å². The van der Waals surface area contributed by atoms with Gasteiger partial charge in [-0.25, -0.2) is 4.98 Å². The van der Waals surface area contributed by atoms with Crippen LogP contribution in [0.15, 0.2) is 55.0 Å². The Bertz CT molecular complexity index is 1540. The molecule has 1 N–H and O–H groups in total. The summed E-state index contributed by atoms with van der Waals surface area (Å²) in [5.41, 5.74) is 5.11. The van der Waals surface area contributed by atoms with Gasteiger partial charge < -0.3 is 19.7 Å². The third-order valence-electron chi connectivity index (χ3n) is 8.28. The van der Waals surface area contributed by atoms with E-state index in [0.717, 1.165) is 73.0 Å². The third kappa shape index (κ3) is 5.23. The number of piperidine rings is 2. The number of amides is 2. The smallest absolute Gasteiger partial charge is 0.246 e. The number of fused-ring (bicyclic) bond motifs is 2. The lowest BCUT2D eigenvalue weighted by Gasteiger charge is -2.37. The van der Waals surface area contributed by atoms with Gasteiger partial charge in [0.2, 0.25) is 11.8 Å². The molecule has 0 aromatic carbocycles. The summed E-state index contributed by atoms with van der Waals surface area (Å²) in [6.07, 6.45) is 12.3. The Hall–Kier alpha value is -4.05. The molecule has 2 saturated heterocycles. The normalized spacial score (nSPS) is 17.6. The minimum absolute atomic E-state index is 0.00604. The third-order valence-corrected chi connectivity index (χ3v) is 8.28. The lowest BCUT2D eigenvalue weighted by atomic mass is 9.90. The van der Waals surface area contributed by atoms with Crippen LogP contribution >= 0.6 is 0 Å². The molecule has 10 nitrogen and oxygen atoms in total. The lowest BCUT2D eigenvalue weighted by molar-refractivity contribution is -0.140. The average Bonchev–Trinajstić information content (AvgIpc) is 3.61. The number of nitrogens with one attached hydrogen (secondary N) is 1. The molecule has 208 valence electrons. The highest BCUT2D eigenvalue weighted by atomic mass is 16.2. The Morgan fingerprint density at radius 2 is 1.77 bits per heavy atom. The van der Waals surface area contributed by atoms with Crippen molar-refractivity contribution in [2.45, 2.75) is 31.6 Å². The number of carbonyl (C=O) groups is 2. The number of likely N-dealkylation sites (tertiary alicyclic amines) is 2. The summed E-state index contributed by atoms with van der Waals surface area (Å²) >= 11 is 0. The van der Waals surface area contributed by atoms with Crippen LogP contribution in [0, 0.1) is 5.92 Å². The van der Waals surface area contributed by atoms with Gasteiger partial charge in [-0.3, -0.25) is 9.59 Å². The summed E-state index contributed by atoms with van der Waals surface area (Å²) in [6.45, 7) is 3.54. The molecule has 0 unspecified atom stereocenters. The van der Waals surface area contributed by atoms with Crippen molar-refractivity contribution in [1.82, 2.24) is 39.5 Å². The summed E-state index contributed by atoms with van der Waals surface area (Å²) < 4.78 is 1.65. The fraction of sp³-hybridized carbons (Fsp3) is 0.433. The number of aromatic amines is 1. The van der Waals surface area contributed by atoms with Crippen molar-refractivity contribution in [3.63, 3.8) is 0 Å². The Morgan fingerprint density at radius 3 is 2.55 bits per heavy atom. The van der Waals surface area contributed by atoms with E-state index >= 15 is 0 Å². The second kappa shape index (κ2) is 11.2. The highest BCUT2D eigenvalue weighted by molar-refractivity contribution is 5.97. The molecule has 4 aromatic heterocycles. The number of hydrogen-bond acceptors (Lipinski definition) is 6. The van der Waals surface area contributed by atoms with Crippen LogP contribution in [0.5, 0.6) is 0 Å². The van der Waals surface area contributed by atoms with Crippen molar-refractivity contribution in [3.8, 4) is 11.1 Å². The highest BCUT2D eigenvalue weighted by Gasteiger charge is 2.32. The van der Waals surface area contributed by atoms with Crippen LogP contribution in [0.2, 0.25) is 0 Å². The zero-order chi connectivity index (χ0) is 27.6. The van der Waals surface area contributed by atoms with Crippen molar-refractivity contribution in [3.05, 3.63) is 60.7 Å². The van der Waals surface area contributed by atoms with Gasteiger partial charge in [0.1, 0.15) is 5.65 Å². The van der Waals surface area contributed by atoms with E-state index < -0.39 is 0 Å². The monoisotopic (exact) mass is 540 g/mol. The minimum Gasteiger partial charge on any atom is -0.343 e. The molecule has 0 atom stereocenters. The van der Waals surface area contributed by atoms with Gasteiger partial charge in [-0.1, -0.05) is 6.08 Å². The molecule has 0 aliphatic carbocycles. The first kappa shape index (κ1) is 26.2. The van der Waals surface area contributed by atoms with Crippen LogP contribution < -0.4 is 0 Å². The van der Waals surface area contributed by atoms with Gasteiger partial charge in [0.25, 0.3) is 0 Å². The number of pyridine rings is 1. The summed E-state index contributed by atoms with van der Waals surface area (Å²) in [5, 5.41) is 9.78. The van der Waals surface area contributed by atoms with Crippen molar-refractivity contribution < 1.29 is 9.59 Å². The summed E-state index contributed by atoms with van der Waals surface area (Å²) in [6, 6.07) is 8.20. The molecule has 4 aromatic rings. The van der Waals surface area contributed by atoms with E-state index in [1.54, 1.807) is 16.9 Å². The number of hydrogen-bond donors (Lipinski definition) is 1. The average molecular weight is 541 g/mol. The molecule has 6 heterocycles. The van der Waals surface area contributed by atoms with E-state index in [9.17, 15) is 9.59 Å². The topological polar surface area (TPSA) is 103 Å². The molecular formula is C30H36N8O2. The molecule has 2 aliphatic rings. The SMILES string of the molecule is CN(C)C/C=C/C(=O)N1CCC(C(=O)N2CCC(c3cc4c(-c5cnn6ncccc56)ccnc4[nH]3)CC2)CC1.